The van der Waals surface area contributed by atoms with Crippen molar-refractivity contribution in [2.45, 2.75) is 12.8 Å². The maximum Gasteiger partial charge on any atom is 0.162 e. The Bertz CT molecular complexity index is 904. The predicted molar refractivity (Wildman–Crippen MR) is 107 cm³/mol. The van der Waals surface area contributed by atoms with E-state index in [0.717, 1.165) is 35.4 Å². The Morgan fingerprint density at radius 3 is 2.36 bits per heavy atom. The van der Waals surface area contributed by atoms with Crippen molar-refractivity contribution in [2.24, 2.45) is 0 Å². The molecule has 28 heavy (non-hydrogen) atoms. The van der Waals surface area contributed by atoms with E-state index in [1.165, 1.54) is 0 Å². The summed E-state index contributed by atoms with van der Waals surface area (Å²) in [6, 6.07) is 9.34. The van der Waals surface area contributed by atoms with Crippen molar-refractivity contribution in [3.05, 3.63) is 53.1 Å². The molecule has 0 aromatic heterocycles. The lowest BCUT2D eigenvalue weighted by atomic mass is 9.95. The number of methoxy groups -OCH3 is 4. The second-order valence-electron chi connectivity index (χ2n) is 6.42. The summed E-state index contributed by atoms with van der Waals surface area (Å²) in [4.78, 5) is 12.7. The van der Waals surface area contributed by atoms with Crippen LogP contribution in [0.3, 0.4) is 0 Å². The first-order chi connectivity index (χ1) is 13.6. The molecule has 148 valence electrons. The van der Waals surface area contributed by atoms with Crippen LogP contribution in [0.4, 0.5) is 0 Å². The summed E-state index contributed by atoms with van der Waals surface area (Å²) >= 11 is 0. The third-order valence-electron chi connectivity index (χ3n) is 4.77. The molecule has 0 radical (unpaired) electrons. The van der Waals surface area contributed by atoms with Crippen LogP contribution in [0.5, 0.6) is 23.0 Å². The molecule has 1 N–H and O–H groups in total. The minimum atomic E-state index is -0.0198. The van der Waals surface area contributed by atoms with E-state index in [4.69, 9.17) is 18.9 Å². The van der Waals surface area contributed by atoms with Crippen LogP contribution >= 0.6 is 0 Å². The van der Waals surface area contributed by atoms with Gasteiger partial charge in [-0.1, -0.05) is 6.07 Å². The summed E-state index contributed by atoms with van der Waals surface area (Å²) in [7, 11) is 6.40. The van der Waals surface area contributed by atoms with Gasteiger partial charge in [-0.25, -0.2) is 0 Å². The number of nitrogens with one attached hydrogen (secondary N) is 1. The zero-order valence-electron chi connectivity index (χ0n) is 16.6. The van der Waals surface area contributed by atoms with Crippen LogP contribution in [-0.2, 0) is 17.6 Å². The minimum Gasteiger partial charge on any atom is -0.497 e. The topological polar surface area (TPSA) is 66.0 Å². The van der Waals surface area contributed by atoms with E-state index >= 15 is 0 Å². The van der Waals surface area contributed by atoms with Gasteiger partial charge in [-0.15, -0.1) is 0 Å². The number of benzene rings is 2. The Kier molecular flexibility index (Phi) is 6.09. The van der Waals surface area contributed by atoms with Crippen LogP contribution in [0.15, 0.2) is 36.4 Å². The Balaban J connectivity index is 1.88. The van der Waals surface area contributed by atoms with Gasteiger partial charge >= 0.3 is 0 Å². The quantitative estimate of drug-likeness (QED) is 0.742. The first-order valence-electron chi connectivity index (χ1n) is 9.04. The Morgan fingerprint density at radius 1 is 0.964 bits per heavy atom. The molecule has 0 amide bonds. The first-order valence-corrected chi connectivity index (χ1v) is 9.04. The third kappa shape index (κ3) is 4.06. The van der Waals surface area contributed by atoms with Gasteiger partial charge in [0.15, 0.2) is 17.3 Å². The molecule has 6 nitrogen and oxygen atoms in total. The minimum absolute atomic E-state index is 0.0198. The number of fused-ring (bicyclic) bond motifs is 1. The van der Waals surface area contributed by atoms with Gasteiger partial charge in [-0.2, -0.15) is 0 Å². The van der Waals surface area contributed by atoms with Crippen molar-refractivity contribution in [2.75, 3.05) is 35.0 Å². The zero-order chi connectivity index (χ0) is 20.1. The molecule has 0 bridgehead atoms. The number of hydrogen-bond donors (Lipinski definition) is 1. The van der Waals surface area contributed by atoms with Crippen LogP contribution in [0.1, 0.15) is 16.7 Å². The van der Waals surface area contributed by atoms with E-state index in [1.54, 1.807) is 40.6 Å². The summed E-state index contributed by atoms with van der Waals surface area (Å²) in [5.74, 6) is 2.63. The fraction of sp³-hybridized carbons (Fsp3) is 0.318. The average Bonchev–Trinajstić information content (AvgIpc) is 2.73. The van der Waals surface area contributed by atoms with Gasteiger partial charge < -0.3 is 24.3 Å². The monoisotopic (exact) mass is 383 g/mol. The van der Waals surface area contributed by atoms with Gasteiger partial charge in [-0.05, 0) is 30.2 Å². The average molecular weight is 383 g/mol. The van der Waals surface area contributed by atoms with Gasteiger partial charge in [0.25, 0.3) is 0 Å². The molecule has 0 atom stereocenters. The summed E-state index contributed by atoms with van der Waals surface area (Å²) < 4.78 is 21.4. The van der Waals surface area contributed by atoms with E-state index < -0.39 is 0 Å². The highest BCUT2D eigenvalue weighted by Crippen LogP contribution is 2.35. The number of rotatable bonds is 7. The number of allylic oxidation sites excluding steroid dienone is 1. The fourth-order valence-electron chi connectivity index (χ4n) is 3.33. The molecule has 0 aliphatic carbocycles. The number of carbonyl (C=O) groups excluding carboxylic acids is 1. The van der Waals surface area contributed by atoms with Crippen molar-refractivity contribution in [3.8, 4) is 23.0 Å². The summed E-state index contributed by atoms with van der Waals surface area (Å²) in [6.45, 7) is 0.757. The number of ketones is 1. The maximum atomic E-state index is 12.7. The van der Waals surface area contributed by atoms with E-state index in [1.807, 2.05) is 24.3 Å². The zero-order valence-corrected chi connectivity index (χ0v) is 16.6. The highest BCUT2D eigenvalue weighted by atomic mass is 16.5. The highest BCUT2D eigenvalue weighted by molar-refractivity contribution is 5.98. The highest BCUT2D eigenvalue weighted by Gasteiger charge is 2.19. The van der Waals surface area contributed by atoms with Crippen LogP contribution < -0.4 is 24.3 Å². The molecule has 1 aliphatic heterocycles. The Hall–Kier alpha value is -3.15. The van der Waals surface area contributed by atoms with Crippen molar-refractivity contribution >= 4 is 11.5 Å². The molecular formula is C22H25NO5. The second-order valence-corrected chi connectivity index (χ2v) is 6.42. The fourth-order valence-corrected chi connectivity index (χ4v) is 3.33. The lowest BCUT2D eigenvalue weighted by Crippen LogP contribution is -2.23. The van der Waals surface area contributed by atoms with Crippen molar-refractivity contribution in [1.82, 2.24) is 5.32 Å². The lowest BCUT2D eigenvalue weighted by Gasteiger charge is -2.23. The van der Waals surface area contributed by atoms with Gasteiger partial charge in [0, 0.05) is 41.9 Å². The molecule has 0 saturated heterocycles. The Morgan fingerprint density at radius 2 is 1.68 bits per heavy atom. The lowest BCUT2D eigenvalue weighted by molar-refractivity contribution is -0.114. The molecule has 2 aromatic rings. The molecular weight excluding hydrogens is 358 g/mol. The predicted octanol–water partition coefficient (Wildman–Crippen LogP) is 3.02. The van der Waals surface area contributed by atoms with Crippen LogP contribution in [0, 0.1) is 0 Å². The van der Waals surface area contributed by atoms with Gasteiger partial charge in [0.2, 0.25) is 0 Å². The first kappa shape index (κ1) is 19.6. The van der Waals surface area contributed by atoms with E-state index in [-0.39, 0.29) is 12.2 Å². The van der Waals surface area contributed by atoms with Gasteiger partial charge in [0.1, 0.15) is 11.5 Å². The summed E-state index contributed by atoms with van der Waals surface area (Å²) in [5, 5.41) is 3.32. The van der Waals surface area contributed by atoms with Crippen molar-refractivity contribution < 1.29 is 23.7 Å². The van der Waals surface area contributed by atoms with Gasteiger partial charge in [0.05, 0.1) is 28.4 Å². The van der Waals surface area contributed by atoms with E-state index in [2.05, 4.69) is 5.32 Å². The van der Waals surface area contributed by atoms with Crippen molar-refractivity contribution in [3.63, 3.8) is 0 Å². The molecule has 0 unspecified atom stereocenters. The molecule has 2 aromatic carbocycles. The largest absolute Gasteiger partial charge is 0.497 e. The number of hydrogen-bond acceptors (Lipinski definition) is 6. The maximum absolute atomic E-state index is 12.7. The SMILES string of the molecule is COc1ccc(CC(=O)/C=C2\NCCc3cc(OC)c(OC)cc32)c(OC)c1. The van der Waals surface area contributed by atoms with E-state index in [9.17, 15) is 4.79 Å². The van der Waals surface area contributed by atoms with Gasteiger partial charge in [-0.3, -0.25) is 4.79 Å². The second kappa shape index (κ2) is 8.69. The smallest absolute Gasteiger partial charge is 0.162 e. The molecule has 1 aliphatic rings. The number of carbonyl (C=O) groups is 1. The summed E-state index contributed by atoms with van der Waals surface area (Å²) in [6.07, 6.45) is 2.74. The third-order valence-corrected chi connectivity index (χ3v) is 4.77. The van der Waals surface area contributed by atoms with Crippen LogP contribution in [0.25, 0.3) is 5.70 Å². The van der Waals surface area contributed by atoms with E-state index in [0.29, 0.717) is 23.0 Å². The van der Waals surface area contributed by atoms with Crippen LogP contribution in [-0.4, -0.2) is 40.8 Å². The summed E-state index contributed by atoms with van der Waals surface area (Å²) in [5.41, 5.74) is 3.68. The molecule has 0 saturated carbocycles. The van der Waals surface area contributed by atoms with Crippen molar-refractivity contribution in [1.29, 1.82) is 0 Å². The number of ether oxygens (including phenoxy) is 4. The normalized spacial score (nSPS) is 14.1. The molecule has 0 fully saturated rings. The molecule has 3 rings (SSSR count). The molecule has 0 spiro atoms. The standard InChI is InChI=1S/C22H25NO5/c1-25-17-6-5-15(20(12-17)26-2)9-16(24)11-19-18-13-22(28-4)21(27-3)10-14(18)7-8-23-19/h5-6,10-13,23H,7-9H2,1-4H3/b19-11-. The molecule has 6 heteroatoms. The Labute approximate surface area is 165 Å². The molecule has 1 heterocycles. The van der Waals surface area contributed by atoms with Crippen LogP contribution in [0.2, 0.25) is 0 Å².